The van der Waals surface area contributed by atoms with Crippen molar-refractivity contribution in [2.75, 3.05) is 57.9 Å². The summed E-state index contributed by atoms with van der Waals surface area (Å²) in [6, 6.07) is 3.71. The molecule has 1 atom stereocenters. The van der Waals surface area contributed by atoms with Crippen LogP contribution in [0.5, 0.6) is 11.5 Å². The number of ether oxygens (including phenoxy) is 2. The van der Waals surface area contributed by atoms with Crippen molar-refractivity contribution in [3.63, 3.8) is 0 Å². The number of nitrogens with zero attached hydrogens (tertiary/aromatic N) is 5. The Hall–Kier alpha value is -2.81. The van der Waals surface area contributed by atoms with Crippen LogP contribution in [0.15, 0.2) is 18.5 Å². The predicted octanol–water partition coefficient (Wildman–Crippen LogP) is 3.72. The van der Waals surface area contributed by atoms with Crippen molar-refractivity contribution < 1.29 is 19.4 Å². The summed E-state index contributed by atoms with van der Waals surface area (Å²) in [5.74, 6) is 2.13. The van der Waals surface area contributed by atoms with Crippen LogP contribution in [0.2, 0.25) is 0 Å². The van der Waals surface area contributed by atoms with E-state index < -0.39 is 6.09 Å². The maximum atomic E-state index is 11.8. The van der Waals surface area contributed by atoms with Gasteiger partial charge in [0, 0.05) is 37.6 Å². The zero-order valence-corrected chi connectivity index (χ0v) is 20.8. The summed E-state index contributed by atoms with van der Waals surface area (Å²) in [6.07, 6.45) is 4.53. The molecule has 0 spiro atoms. The standard InChI is InChI=1S/C25H37N5O4/c1-25(2,3)22-16-29(10-11-30(22)24(31)32)23-18-14-20(33-4)21(15-19(18)26-17-27-23)34-13-12-28-8-6-5-7-9-28/h14-15,17,22H,5-13,16H2,1-4H3,(H,31,32). The lowest BCUT2D eigenvalue weighted by Gasteiger charge is -2.46. The van der Waals surface area contributed by atoms with Gasteiger partial charge in [0.2, 0.25) is 0 Å². The van der Waals surface area contributed by atoms with Gasteiger partial charge in [-0.25, -0.2) is 14.8 Å². The van der Waals surface area contributed by atoms with E-state index in [1.165, 1.54) is 19.3 Å². The molecule has 4 rings (SSSR count). The number of benzene rings is 1. The highest BCUT2D eigenvalue weighted by atomic mass is 16.5. The molecule has 9 heteroatoms. The lowest BCUT2D eigenvalue weighted by atomic mass is 9.84. The third-order valence-corrected chi connectivity index (χ3v) is 6.94. The van der Waals surface area contributed by atoms with Crippen LogP contribution in [0, 0.1) is 5.41 Å². The highest BCUT2D eigenvalue weighted by Gasteiger charge is 2.38. The molecule has 2 aliphatic rings. The van der Waals surface area contributed by atoms with E-state index in [1.54, 1.807) is 18.3 Å². The summed E-state index contributed by atoms with van der Waals surface area (Å²) >= 11 is 0. The Morgan fingerprint density at radius 3 is 2.53 bits per heavy atom. The fraction of sp³-hybridized carbons (Fsp3) is 0.640. The summed E-state index contributed by atoms with van der Waals surface area (Å²) in [7, 11) is 1.64. The third-order valence-electron chi connectivity index (χ3n) is 6.94. The average Bonchev–Trinajstić information content (AvgIpc) is 2.83. The molecule has 1 unspecified atom stereocenters. The van der Waals surface area contributed by atoms with E-state index in [0.717, 1.165) is 36.4 Å². The van der Waals surface area contributed by atoms with Crippen molar-refractivity contribution in [3.8, 4) is 11.5 Å². The molecule has 2 aliphatic heterocycles. The van der Waals surface area contributed by atoms with E-state index in [9.17, 15) is 9.90 Å². The molecule has 34 heavy (non-hydrogen) atoms. The number of rotatable bonds is 6. The van der Waals surface area contributed by atoms with Crippen molar-refractivity contribution in [2.24, 2.45) is 5.41 Å². The smallest absolute Gasteiger partial charge is 0.407 e. The van der Waals surface area contributed by atoms with E-state index in [1.807, 2.05) is 12.1 Å². The second kappa shape index (κ2) is 10.2. The van der Waals surface area contributed by atoms with Crippen molar-refractivity contribution in [3.05, 3.63) is 18.5 Å². The SMILES string of the molecule is COc1cc2c(N3CCN(C(=O)O)C(C(C)(C)C)C3)ncnc2cc1OCCN1CCCCC1. The molecule has 1 amide bonds. The molecular formula is C25H37N5O4. The Morgan fingerprint density at radius 2 is 1.85 bits per heavy atom. The number of fused-ring (bicyclic) bond motifs is 1. The fourth-order valence-corrected chi connectivity index (χ4v) is 4.99. The van der Waals surface area contributed by atoms with Crippen LogP contribution in [0.1, 0.15) is 40.0 Å². The van der Waals surface area contributed by atoms with Crippen LogP contribution in [-0.2, 0) is 0 Å². The summed E-state index contributed by atoms with van der Waals surface area (Å²) < 4.78 is 11.8. The number of anilines is 1. The molecule has 0 saturated carbocycles. The molecule has 3 heterocycles. The van der Waals surface area contributed by atoms with E-state index in [4.69, 9.17) is 9.47 Å². The van der Waals surface area contributed by atoms with Gasteiger partial charge in [-0.2, -0.15) is 0 Å². The molecule has 1 aromatic carbocycles. The summed E-state index contributed by atoms with van der Waals surface area (Å²) in [6.45, 7) is 11.6. The molecule has 186 valence electrons. The van der Waals surface area contributed by atoms with Crippen LogP contribution < -0.4 is 14.4 Å². The molecule has 0 radical (unpaired) electrons. The number of methoxy groups -OCH3 is 1. The molecule has 2 fully saturated rings. The van der Waals surface area contributed by atoms with Gasteiger partial charge in [0.15, 0.2) is 11.5 Å². The van der Waals surface area contributed by atoms with Crippen molar-refractivity contribution in [1.82, 2.24) is 19.8 Å². The highest BCUT2D eigenvalue weighted by Crippen LogP contribution is 2.37. The number of piperazine rings is 1. The number of hydrogen-bond acceptors (Lipinski definition) is 7. The number of carboxylic acid groups (broad SMARTS) is 1. The first-order chi connectivity index (χ1) is 16.3. The summed E-state index contributed by atoms with van der Waals surface area (Å²) in [5.41, 5.74) is 0.583. The topological polar surface area (TPSA) is 91.3 Å². The number of likely N-dealkylation sites (tertiary alicyclic amines) is 1. The van der Waals surface area contributed by atoms with Crippen LogP contribution in [-0.4, -0.2) is 90.0 Å². The molecule has 9 nitrogen and oxygen atoms in total. The number of aromatic nitrogens is 2. The Balaban J connectivity index is 1.56. The number of piperidine rings is 1. The first-order valence-corrected chi connectivity index (χ1v) is 12.2. The zero-order valence-electron chi connectivity index (χ0n) is 20.8. The van der Waals surface area contributed by atoms with Gasteiger partial charge in [-0.15, -0.1) is 0 Å². The van der Waals surface area contributed by atoms with Gasteiger partial charge < -0.3 is 24.4 Å². The summed E-state index contributed by atoms with van der Waals surface area (Å²) in [4.78, 5) is 27.1. The lowest BCUT2D eigenvalue weighted by molar-refractivity contribution is 0.0747. The minimum absolute atomic E-state index is 0.150. The van der Waals surface area contributed by atoms with Crippen LogP contribution in [0.25, 0.3) is 10.9 Å². The maximum absolute atomic E-state index is 11.8. The maximum Gasteiger partial charge on any atom is 0.407 e. The normalized spacial score (nSPS) is 19.9. The quantitative estimate of drug-likeness (QED) is 0.682. The number of hydrogen-bond donors (Lipinski definition) is 1. The van der Waals surface area contributed by atoms with E-state index in [2.05, 4.69) is 40.5 Å². The monoisotopic (exact) mass is 471 g/mol. The molecule has 0 aliphatic carbocycles. The Bertz CT molecular complexity index is 1000. The average molecular weight is 472 g/mol. The molecule has 0 bridgehead atoms. The van der Waals surface area contributed by atoms with Gasteiger partial charge in [-0.1, -0.05) is 27.2 Å². The first-order valence-electron chi connectivity index (χ1n) is 12.2. The van der Waals surface area contributed by atoms with Gasteiger partial charge in [-0.05, 0) is 37.4 Å². The Labute approximate surface area is 201 Å². The zero-order chi connectivity index (χ0) is 24.3. The number of amides is 1. The molecular weight excluding hydrogens is 434 g/mol. The van der Waals surface area contributed by atoms with E-state index in [-0.39, 0.29) is 11.5 Å². The fourth-order valence-electron chi connectivity index (χ4n) is 4.99. The van der Waals surface area contributed by atoms with Gasteiger partial charge >= 0.3 is 6.09 Å². The molecule has 2 aromatic rings. The highest BCUT2D eigenvalue weighted by molar-refractivity contribution is 5.92. The molecule has 2 saturated heterocycles. The van der Waals surface area contributed by atoms with Gasteiger partial charge in [0.25, 0.3) is 0 Å². The predicted molar refractivity (Wildman–Crippen MR) is 132 cm³/mol. The molecule has 1 aromatic heterocycles. The van der Waals surface area contributed by atoms with Crippen LogP contribution in [0.3, 0.4) is 0 Å². The summed E-state index contributed by atoms with van der Waals surface area (Å²) in [5, 5.41) is 10.6. The molecule has 1 N–H and O–H groups in total. The third kappa shape index (κ3) is 5.29. The second-order valence-corrected chi connectivity index (χ2v) is 10.3. The largest absolute Gasteiger partial charge is 0.493 e. The minimum atomic E-state index is -0.875. The Kier molecular flexibility index (Phi) is 7.30. The van der Waals surface area contributed by atoms with E-state index in [0.29, 0.717) is 37.7 Å². The first kappa shape index (κ1) is 24.3. The number of carbonyl (C=O) groups is 1. The lowest BCUT2D eigenvalue weighted by Crippen LogP contribution is -2.59. The Morgan fingerprint density at radius 1 is 1.09 bits per heavy atom. The van der Waals surface area contributed by atoms with Crippen molar-refractivity contribution >= 4 is 22.8 Å². The van der Waals surface area contributed by atoms with Gasteiger partial charge in [-0.3, -0.25) is 4.90 Å². The minimum Gasteiger partial charge on any atom is -0.493 e. The van der Waals surface area contributed by atoms with Crippen LogP contribution in [0.4, 0.5) is 10.6 Å². The van der Waals surface area contributed by atoms with Crippen LogP contribution >= 0.6 is 0 Å². The van der Waals surface area contributed by atoms with E-state index >= 15 is 0 Å². The van der Waals surface area contributed by atoms with Crippen molar-refractivity contribution in [2.45, 2.75) is 46.1 Å². The van der Waals surface area contributed by atoms with Gasteiger partial charge in [0.05, 0.1) is 18.7 Å². The second-order valence-electron chi connectivity index (χ2n) is 10.3. The van der Waals surface area contributed by atoms with Crippen molar-refractivity contribution in [1.29, 1.82) is 0 Å². The van der Waals surface area contributed by atoms with Gasteiger partial charge in [0.1, 0.15) is 18.8 Å².